The lowest BCUT2D eigenvalue weighted by Gasteiger charge is -2.31. The van der Waals surface area contributed by atoms with Crippen LogP contribution in [-0.4, -0.2) is 41.8 Å². The van der Waals surface area contributed by atoms with Gasteiger partial charge in [0.25, 0.3) is 0 Å². The topological polar surface area (TPSA) is 114 Å². The van der Waals surface area contributed by atoms with Gasteiger partial charge in [-0.05, 0) is 6.07 Å². The van der Waals surface area contributed by atoms with Gasteiger partial charge in [-0.3, -0.25) is 4.57 Å². The summed E-state index contributed by atoms with van der Waals surface area (Å²) in [5, 5.41) is 18.1. The number of nitrogens with two attached hydrogens (primary N) is 1. The second kappa shape index (κ2) is 5.38. The fourth-order valence-electron chi connectivity index (χ4n) is 1.69. The molecule has 2 atom stereocenters. The van der Waals surface area contributed by atoms with Crippen LogP contribution in [0.2, 0.25) is 0 Å². The summed E-state index contributed by atoms with van der Waals surface area (Å²) in [7, 11) is 2.27. The molecule has 3 N–H and O–H groups in total. The molecule has 7 nitrogen and oxygen atoms in total. The average Bonchev–Trinajstić information content (AvgIpc) is 2.35. The Labute approximate surface area is 109 Å². The maximum atomic E-state index is 14.6. The lowest BCUT2D eigenvalue weighted by Crippen LogP contribution is -2.47. The number of rotatable bonds is 5. The molecule has 0 bridgehead atoms. The summed E-state index contributed by atoms with van der Waals surface area (Å²) in [6.07, 6.45) is 0.606. The average molecular weight is 268 g/mol. The van der Waals surface area contributed by atoms with Crippen molar-refractivity contribution in [3.8, 4) is 6.07 Å². The molecule has 1 aromatic heterocycles. The van der Waals surface area contributed by atoms with Crippen molar-refractivity contribution in [2.75, 3.05) is 19.5 Å². The van der Waals surface area contributed by atoms with E-state index in [9.17, 15) is 9.18 Å². The molecule has 9 heteroatoms. The van der Waals surface area contributed by atoms with Crippen LogP contribution in [0.5, 0.6) is 0 Å². The van der Waals surface area contributed by atoms with E-state index >= 15 is 0 Å². The van der Waals surface area contributed by atoms with Crippen molar-refractivity contribution in [1.82, 2.24) is 9.55 Å². The first-order valence-corrected chi connectivity index (χ1v) is 5.42. The zero-order valence-electron chi connectivity index (χ0n) is 10.6. The summed E-state index contributed by atoms with van der Waals surface area (Å²) in [6.45, 7) is -0.698. The second-order valence-corrected chi connectivity index (χ2v) is 4.29. The molecule has 1 rings (SSSR count). The van der Waals surface area contributed by atoms with Gasteiger partial charge in [0.2, 0.25) is 0 Å². The van der Waals surface area contributed by atoms with Crippen molar-refractivity contribution in [3.05, 3.63) is 22.7 Å². The summed E-state index contributed by atoms with van der Waals surface area (Å²) in [5.41, 5.74) is 0.440. The SMILES string of the molecule is BC(F)(CC(C#N)(CO)OC)n1ccc(N)nc1=O. The van der Waals surface area contributed by atoms with Crippen LogP contribution in [0.3, 0.4) is 0 Å². The van der Waals surface area contributed by atoms with E-state index in [4.69, 9.17) is 20.8 Å². The molecule has 0 radical (unpaired) electrons. The Balaban J connectivity index is 3.18. The van der Waals surface area contributed by atoms with Crippen LogP contribution in [0.1, 0.15) is 6.42 Å². The molecule has 0 spiro atoms. The number of aliphatic hydroxyl groups is 1. The number of aliphatic hydroxyl groups excluding tert-OH is 1. The van der Waals surface area contributed by atoms with Crippen LogP contribution >= 0.6 is 0 Å². The van der Waals surface area contributed by atoms with Crippen LogP contribution in [-0.2, 0) is 10.4 Å². The molecule has 102 valence electrons. The lowest BCUT2D eigenvalue weighted by molar-refractivity contribution is -0.0498. The first-order chi connectivity index (χ1) is 8.80. The Morgan fingerprint density at radius 1 is 1.79 bits per heavy atom. The molecule has 19 heavy (non-hydrogen) atoms. The van der Waals surface area contributed by atoms with Gasteiger partial charge in [0.15, 0.2) is 19.1 Å². The van der Waals surface area contributed by atoms with Crippen LogP contribution < -0.4 is 11.4 Å². The highest BCUT2D eigenvalue weighted by molar-refractivity contribution is 6.12. The van der Waals surface area contributed by atoms with E-state index in [0.717, 1.165) is 14.0 Å². The number of halogens is 1. The van der Waals surface area contributed by atoms with Gasteiger partial charge in [-0.25, -0.2) is 9.18 Å². The zero-order chi connectivity index (χ0) is 14.7. The summed E-state index contributed by atoms with van der Waals surface area (Å²) >= 11 is 0. The predicted octanol–water partition coefficient (Wildman–Crippen LogP) is -1.67. The maximum absolute atomic E-state index is 14.6. The lowest BCUT2D eigenvalue weighted by atomic mass is 9.82. The van der Waals surface area contributed by atoms with E-state index in [1.807, 2.05) is 0 Å². The fourth-order valence-corrected chi connectivity index (χ4v) is 1.69. The third-order valence-electron chi connectivity index (χ3n) is 2.79. The first-order valence-electron chi connectivity index (χ1n) is 5.42. The van der Waals surface area contributed by atoms with E-state index in [1.54, 1.807) is 6.07 Å². The number of hydrogen-bond acceptors (Lipinski definition) is 6. The standard InChI is InChI=1S/C10H14BFN4O3/c1-19-9(5-13,6-17)4-10(11,12)16-3-2-7(14)15-8(16)18/h2-3,17H,4,6,11H2,1H3,(H2,14,15,18). The van der Waals surface area contributed by atoms with Crippen molar-refractivity contribution in [2.45, 2.75) is 17.7 Å². The molecule has 0 amide bonds. The number of nitrogens with zero attached hydrogens (tertiary/aromatic N) is 3. The van der Waals surface area contributed by atoms with Crippen LogP contribution in [0, 0.1) is 11.3 Å². The van der Waals surface area contributed by atoms with Gasteiger partial charge in [-0.2, -0.15) is 10.2 Å². The molecule has 2 unspecified atom stereocenters. The first kappa shape index (κ1) is 15.1. The van der Waals surface area contributed by atoms with E-state index in [2.05, 4.69) is 4.98 Å². The van der Waals surface area contributed by atoms with E-state index in [0.29, 0.717) is 4.57 Å². The molecule has 0 aliphatic heterocycles. The molecular formula is C10H14BFN4O3. The van der Waals surface area contributed by atoms with Crippen molar-refractivity contribution < 1.29 is 14.2 Å². The Hall–Kier alpha value is -1.92. The summed E-state index contributed by atoms with van der Waals surface area (Å²) in [5.74, 6) is -0.0301. The monoisotopic (exact) mass is 268 g/mol. The maximum Gasteiger partial charge on any atom is 0.351 e. The number of methoxy groups -OCH3 is 1. The predicted molar refractivity (Wildman–Crippen MR) is 67.6 cm³/mol. The van der Waals surface area contributed by atoms with Crippen molar-refractivity contribution in [2.24, 2.45) is 0 Å². The molecule has 1 heterocycles. The molecule has 0 aliphatic rings. The van der Waals surface area contributed by atoms with E-state index in [-0.39, 0.29) is 5.82 Å². The van der Waals surface area contributed by atoms with Crippen molar-refractivity contribution >= 4 is 13.7 Å². The van der Waals surface area contributed by atoms with Crippen LogP contribution in [0.25, 0.3) is 0 Å². The number of aromatic nitrogens is 2. The minimum atomic E-state index is -2.26. The van der Waals surface area contributed by atoms with Crippen molar-refractivity contribution in [1.29, 1.82) is 5.26 Å². The Morgan fingerprint density at radius 2 is 2.42 bits per heavy atom. The second-order valence-electron chi connectivity index (χ2n) is 4.29. The number of alkyl halides is 1. The van der Waals surface area contributed by atoms with Gasteiger partial charge in [-0.15, -0.1) is 0 Å². The van der Waals surface area contributed by atoms with Gasteiger partial charge in [0.1, 0.15) is 11.9 Å². The molecule has 0 saturated heterocycles. The summed E-state index contributed by atoms with van der Waals surface area (Å²) in [6, 6.07) is 2.96. The Kier molecular flexibility index (Phi) is 4.29. The number of nitriles is 1. The van der Waals surface area contributed by atoms with E-state index < -0.39 is 30.0 Å². The summed E-state index contributed by atoms with van der Waals surface area (Å²) in [4.78, 5) is 15.0. The number of ether oxygens (including phenoxy) is 1. The highest BCUT2D eigenvalue weighted by Gasteiger charge is 2.41. The van der Waals surface area contributed by atoms with Gasteiger partial charge >= 0.3 is 5.69 Å². The van der Waals surface area contributed by atoms with Crippen molar-refractivity contribution in [3.63, 3.8) is 0 Å². The van der Waals surface area contributed by atoms with Crippen LogP contribution in [0.15, 0.2) is 17.1 Å². The summed E-state index contributed by atoms with van der Waals surface area (Å²) < 4.78 is 20.2. The number of anilines is 1. The number of nitrogen functional groups attached to an aromatic ring is 1. The van der Waals surface area contributed by atoms with Gasteiger partial charge in [0.05, 0.1) is 6.61 Å². The van der Waals surface area contributed by atoms with Gasteiger partial charge in [-0.1, -0.05) is 0 Å². The molecule has 1 aromatic rings. The molecule has 0 aliphatic carbocycles. The molecule has 0 fully saturated rings. The fraction of sp³-hybridized carbons (Fsp3) is 0.500. The van der Waals surface area contributed by atoms with Gasteiger partial charge in [0, 0.05) is 19.7 Å². The third kappa shape index (κ3) is 3.10. The molecule has 0 aromatic carbocycles. The molecular weight excluding hydrogens is 254 g/mol. The smallest absolute Gasteiger partial charge is 0.351 e. The highest BCUT2D eigenvalue weighted by atomic mass is 19.1. The largest absolute Gasteiger partial charge is 0.392 e. The highest BCUT2D eigenvalue weighted by Crippen LogP contribution is 2.27. The normalized spacial score (nSPS) is 17.2. The van der Waals surface area contributed by atoms with Gasteiger partial charge < -0.3 is 15.6 Å². The Morgan fingerprint density at radius 3 is 2.84 bits per heavy atom. The van der Waals surface area contributed by atoms with Crippen LogP contribution in [0.4, 0.5) is 10.2 Å². The van der Waals surface area contributed by atoms with E-state index in [1.165, 1.54) is 13.2 Å². The number of hydrogen-bond donors (Lipinski definition) is 2. The minimum absolute atomic E-state index is 0.0301. The quantitative estimate of drug-likeness (QED) is 0.617. The third-order valence-corrected chi connectivity index (χ3v) is 2.79. The zero-order valence-corrected chi connectivity index (χ0v) is 10.6. The minimum Gasteiger partial charge on any atom is -0.392 e. The Bertz CT molecular complexity index is 550. The molecule has 0 saturated carbocycles.